The Labute approximate surface area is 86.1 Å². The third-order valence-corrected chi connectivity index (χ3v) is 0. The van der Waals surface area contributed by atoms with Gasteiger partial charge in [-0.25, -0.2) is 0 Å². The molecule has 8 heteroatoms. The Balaban J connectivity index is -0.0000000800. The Morgan fingerprint density at radius 1 is 1.22 bits per heavy atom. The second kappa shape index (κ2) is 9.10. The van der Waals surface area contributed by atoms with Crippen molar-refractivity contribution in [1.82, 2.24) is 0 Å². The molecule has 0 spiro atoms. The van der Waals surface area contributed by atoms with Gasteiger partial charge in [0.25, 0.3) is 0 Å². The predicted octanol–water partition coefficient (Wildman–Crippen LogP) is -3.53. The molecule has 0 unspecified atom stereocenters. The molecule has 9 heavy (non-hydrogen) atoms. The van der Waals surface area contributed by atoms with Gasteiger partial charge in [-0.3, -0.25) is 0 Å². The summed E-state index contributed by atoms with van der Waals surface area (Å²) >= 11 is 2.29. The van der Waals surface area contributed by atoms with E-state index >= 15 is 0 Å². The molecule has 0 N–H and O–H groups in total. The minimum atomic E-state index is -5.62. The van der Waals surface area contributed by atoms with Crippen LogP contribution in [0, 0.1) is 0 Å². The topological polar surface area (TPSA) is 74.3 Å². The molecule has 48 valence electrons. The van der Waals surface area contributed by atoms with Crippen molar-refractivity contribution in [1.29, 1.82) is 0 Å². The number of rotatable bonds is 0. The molecular formula is CMnNaO4S2. The van der Waals surface area contributed by atoms with Crippen LogP contribution in [0.4, 0.5) is 0 Å². The summed E-state index contributed by atoms with van der Waals surface area (Å²) in [7, 11) is 0. The van der Waals surface area contributed by atoms with E-state index in [9.17, 15) is 0 Å². The Morgan fingerprint density at radius 3 is 1.22 bits per heavy atom. The van der Waals surface area contributed by atoms with Crippen molar-refractivity contribution in [2.24, 2.45) is 0 Å². The van der Waals surface area contributed by atoms with Crippen molar-refractivity contribution >= 4 is 28.7 Å². The summed E-state index contributed by atoms with van der Waals surface area (Å²) < 4.78 is 36.2. The average molecular weight is 218 g/mol. The maximum absolute atomic E-state index is 8.58. The van der Waals surface area contributed by atoms with Gasteiger partial charge in [0.1, 0.15) is 0 Å². The molecule has 0 heterocycles. The van der Waals surface area contributed by atoms with E-state index in [0.29, 0.717) is 0 Å². The molecule has 0 saturated carbocycles. The van der Waals surface area contributed by atoms with Gasteiger partial charge < -0.3 is 0 Å². The van der Waals surface area contributed by atoms with Crippen molar-refractivity contribution in [2.45, 2.75) is 0 Å². The average Bonchev–Trinajstić information content (AvgIpc) is 1.27. The second-order valence-electron chi connectivity index (χ2n) is 0.461. The van der Waals surface area contributed by atoms with Crippen LogP contribution >= 0.6 is 24.4 Å². The maximum atomic E-state index is 8.58. The summed E-state index contributed by atoms with van der Waals surface area (Å²) in [5, 5.41) is 0. The normalized spacial score (nSPS) is 7.22. The molecule has 0 bridgehead atoms. The van der Waals surface area contributed by atoms with E-state index in [1.165, 1.54) is 0 Å². The molecule has 0 atom stereocenters. The second-order valence-corrected chi connectivity index (χ2v) is 2.31. The zero-order valence-electron chi connectivity index (χ0n) is 4.33. The van der Waals surface area contributed by atoms with Gasteiger partial charge in [-0.05, 0) is 24.4 Å². The quantitative estimate of drug-likeness (QED) is 0.310. The van der Waals surface area contributed by atoms with Crippen LogP contribution in [0.15, 0.2) is 0 Å². The molecule has 0 saturated heterocycles. The third kappa shape index (κ3) is 379. The van der Waals surface area contributed by atoms with Crippen LogP contribution in [-0.2, 0) is 24.5 Å². The number of hydrogen-bond donors (Lipinski definition) is 0. The molecule has 0 aromatic heterocycles. The third-order valence-electron chi connectivity index (χ3n) is 0. The summed E-state index contributed by atoms with van der Waals surface area (Å²) in [5.74, 6) is 0. The summed E-state index contributed by atoms with van der Waals surface area (Å²) in [6.07, 6.45) is 0. The Morgan fingerprint density at radius 2 is 1.22 bits per heavy atom. The van der Waals surface area contributed by atoms with E-state index in [0.717, 1.165) is 0 Å². The summed E-state index contributed by atoms with van der Waals surface area (Å²) in [5.41, 5.74) is 0. The molecular weight excluding hydrogens is 218 g/mol. The first-order chi connectivity index (χ1) is 3.41. The van der Waals surface area contributed by atoms with Crippen LogP contribution < -0.4 is 33.7 Å². The first kappa shape index (κ1) is 16.6. The van der Waals surface area contributed by atoms with Crippen molar-refractivity contribution in [3.63, 3.8) is 0 Å². The zero-order chi connectivity index (χ0) is 7.21. The van der Waals surface area contributed by atoms with E-state index in [1.54, 1.807) is 0 Å². The number of hydrogen-bond acceptors (Lipinski definition) is 6. The van der Waals surface area contributed by atoms with Gasteiger partial charge in [0.05, 0.1) is 0 Å². The number of thiocarbonyl (C=S) groups is 2. The van der Waals surface area contributed by atoms with E-state index in [-0.39, 0.29) is 29.6 Å². The molecule has 0 aromatic carbocycles. The van der Waals surface area contributed by atoms with E-state index in [4.69, 9.17) is 15.7 Å². The molecule has 0 rings (SSSR count). The Bertz CT molecular complexity index is 202. The van der Waals surface area contributed by atoms with Crippen LogP contribution in [0.1, 0.15) is 0 Å². The van der Waals surface area contributed by atoms with Crippen molar-refractivity contribution in [3.05, 3.63) is 0 Å². The van der Waals surface area contributed by atoms with Crippen molar-refractivity contribution in [3.8, 4) is 0 Å². The van der Waals surface area contributed by atoms with Gasteiger partial charge in [-0.2, -0.15) is 0 Å². The van der Waals surface area contributed by atoms with Gasteiger partial charge in [-0.15, -0.1) is 0 Å². The fraction of sp³-hybridized carbons (Fsp3) is 0. The molecule has 0 radical (unpaired) electrons. The van der Waals surface area contributed by atoms with Crippen LogP contribution in [0.3, 0.4) is 0 Å². The van der Waals surface area contributed by atoms with Crippen LogP contribution in [-0.4, -0.2) is 4.31 Å². The SMILES string of the molecule is S=C=S.[Na+].[O]=[Mn](=[O])(=[O])[O-]. The molecule has 0 aliphatic rings. The van der Waals surface area contributed by atoms with Crippen LogP contribution in [0.2, 0.25) is 0 Å². The summed E-state index contributed by atoms with van der Waals surface area (Å²) in [4.78, 5) is 0. The van der Waals surface area contributed by atoms with Gasteiger partial charge in [-0.1, -0.05) is 0 Å². The summed E-state index contributed by atoms with van der Waals surface area (Å²) in [6, 6.07) is 0. The monoisotopic (exact) mass is 218 g/mol. The summed E-state index contributed by atoms with van der Waals surface area (Å²) in [6.45, 7) is 0. The fourth-order valence-corrected chi connectivity index (χ4v) is 0. The molecule has 4 nitrogen and oxygen atoms in total. The van der Waals surface area contributed by atoms with Gasteiger partial charge in [0, 0.05) is 4.31 Å². The Kier molecular flexibility index (Phi) is 16.8. The Hall–Kier alpha value is 1.10. The predicted molar refractivity (Wildman–Crippen MR) is 22.2 cm³/mol. The molecule has 0 aliphatic heterocycles. The van der Waals surface area contributed by atoms with E-state index in [1.807, 2.05) is 4.31 Å². The zero-order valence-corrected chi connectivity index (χ0v) is 9.14. The first-order valence-corrected chi connectivity index (χ1v) is 3.77. The molecule has 0 aromatic rings. The van der Waals surface area contributed by atoms with E-state index in [2.05, 4.69) is 24.4 Å². The van der Waals surface area contributed by atoms with Gasteiger partial charge >= 0.3 is 58.2 Å². The standard InChI is InChI=1S/CS2.Mn.Na.4O/c2-1-3;;;;;;/q;;+1;;;;-1. The van der Waals surface area contributed by atoms with Crippen molar-refractivity contribution in [2.75, 3.05) is 0 Å². The van der Waals surface area contributed by atoms with E-state index < -0.39 is 13.0 Å². The minimum absolute atomic E-state index is 0. The van der Waals surface area contributed by atoms with Crippen molar-refractivity contribution < 1.29 is 58.2 Å². The van der Waals surface area contributed by atoms with Gasteiger partial charge in [0.2, 0.25) is 0 Å². The van der Waals surface area contributed by atoms with Crippen LogP contribution in [0.25, 0.3) is 0 Å². The molecule has 0 amide bonds. The molecule has 0 fully saturated rings. The van der Waals surface area contributed by atoms with Gasteiger partial charge in [0.15, 0.2) is 0 Å². The van der Waals surface area contributed by atoms with Crippen LogP contribution in [0.5, 0.6) is 0 Å². The molecule has 0 aliphatic carbocycles. The fourth-order valence-electron chi connectivity index (χ4n) is 0. The first-order valence-electron chi connectivity index (χ1n) is 1.03.